The van der Waals surface area contributed by atoms with Crippen LogP contribution in [0, 0.1) is 0 Å². The normalized spacial score (nSPS) is 12.3. The molecule has 0 aromatic heterocycles. The van der Waals surface area contributed by atoms with Crippen molar-refractivity contribution in [1.82, 2.24) is 0 Å². The highest BCUT2D eigenvalue weighted by Crippen LogP contribution is 2.25. The second kappa shape index (κ2) is 8.07. The number of esters is 1. The molecule has 138 valence electrons. The van der Waals surface area contributed by atoms with E-state index in [0.717, 1.165) is 6.26 Å². The molecule has 1 N–H and O–H groups in total. The van der Waals surface area contributed by atoms with Gasteiger partial charge in [0.05, 0.1) is 21.2 Å². The maximum atomic E-state index is 12.2. The van der Waals surface area contributed by atoms with Crippen LogP contribution in [-0.2, 0) is 19.4 Å². The molecule has 0 fully saturated rings. The largest absolute Gasteiger partial charge is 0.449 e. The van der Waals surface area contributed by atoms with Gasteiger partial charge in [-0.1, -0.05) is 23.2 Å². The van der Waals surface area contributed by atoms with Gasteiger partial charge in [0.15, 0.2) is 15.9 Å². The molecular weight excluding hydrogens is 401 g/mol. The van der Waals surface area contributed by atoms with Gasteiger partial charge >= 0.3 is 5.97 Å². The fraction of sp³-hybridized carbons (Fsp3) is 0.176. The van der Waals surface area contributed by atoms with Crippen molar-refractivity contribution in [1.29, 1.82) is 0 Å². The zero-order chi connectivity index (χ0) is 19.5. The second-order valence-electron chi connectivity index (χ2n) is 5.46. The molecule has 0 radical (unpaired) electrons. The van der Waals surface area contributed by atoms with E-state index >= 15 is 0 Å². The minimum absolute atomic E-state index is 0.0791. The maximum absolute atomic E-state index is 12.2. The number of nitrogens with one attached hydrogen (secondary N) is 1. The van der Waals surface area contributed by atoms with E-state index in [0.29, 0.717) is 10.7 Å². The fourth-order valence-corrected chi connectivity index (χ4v) is 2.92. The first kappa shape index (κ1) is 20.2. The third-order valence-electron chi connectivity index (χ3n) is 3.36. The van der Waals surface area contributed by atoms with Crippen LogP contribution in [0.15, 0.2) is 47.4 Å². The van der Waals surface area contributed by atoms with E-state index < -0.39 is 27.8 Å². The van der Waals surface area contributed by atoms with Gasteiger partial charge in [0.1, 0.15) is 0 Å². The molecule has 0 aliphatic heterocycles. The Labute approximate surface area is 161 Å². The number of sulfone groups is 1. The van der Waals surface area contributed by atoms with Crippen LogP contribution < -0.4 is 5.32 Å². The van der Waals surface area contributed by atoms with E-state index in [-0.39, 0.29) is 15.5 Å². The Balaban J connectivity index is 2.04. The van der Waals surface area contributed by atoms with Gasteiger partial charge < -0.3 is 10.1 Å². The molecule has 26 heavy (non-hydrogen) atoms. The number of carbonyl (C=O) groups excluding carboxylic acids is 2. The van der Waals surface area contributed by atoms with Crippen LogP contribution in [0.1, 0.15) is 17.3 Å². The van der Waals surface area contributed by atoms with Crippen LogP contribution in [0.25, 0.3) is 0 Å². The number of hydrogen-bond acceptors (Lipinski definition) is 5. The highest BCUT2D eigenvalue weighted by atomic mass is 35.5. The third kappa shape index (κ3) is 5.20. The average Bonchev–Trinajstić information content (AvgIpc) is 2.57. The van der Waals surface area contributed by atoms with Crippen LogP contribution >= 0.6 is 23.2 Å². The van der Waals surface area contributed by atoms with E-state index in [4.69, 9.17) is 27.9 Å². The lowest BCUT2D eigenvalue weighted by atomic mass is 10.2. The molecule has 9 heteroatoms. The standard InChI is InChI=1S/C17H15Cl2NO5S/c1-10(16(21)20-15-9-12(18)5-8-14(15)19)25-17(22)11-3-6-13(7-4-11)26(2,23)24/h3-10H,1-2H3,(H,20,21). The molecule has 0 saturated carbocycles. The summed E-state index contributed by atoms with van der Waals surface area (Å²) in [7, 11) is -3.36. The van der Waals surface area contributed by atoms with Gasteiger partial charge in [-0.3, -0.25) is 4.79 Å². The number of ether oxygens (including phenoxy) is 1. The molecule has 0 aliphatic carbocycles. The molecule has 2 aromatic carbocycles. The lowest BCUT2D eigenvalue weighted by Crippen LogP contribution is -2.30. The summed E-state index contributed by atoms with van der Waals surface area (Å²) in [6, 6.07) is 9.79. The summed E-state index contributed by atoms with van der Waals surface area (Å²) in [6.07, 6.45) is -0.0413. The van der Waals surface area contributed by atoms with Crippen molar-refractivity contribution in [3.63, 3.8) is 0 Å². The van der Waals surface area contributed by atoms with Crippen molar-refractivity contribution >= 4 is 50.6 Å². The minimum Gasteiger partial charge on any atom is -0.449 e. The van der Waals surface area contributed by atoms with Crippen molar-refractivity contribution in [2.75, 3.05) is 11.6 Å². The van der Waals surface area contributed by atoms with Gasteiger partial charge in [-0.15, -0.1) is 0 Å². The molecule has 2 rings (SSSR count). The molecule has 6 nitrogen and oxygen atoms in total. The zero-order valence-corrected chi connectivity index (χ0v) is 16.2. The second-order valence-corrected chi connectivity index (χ2v) is 8.32. The van der Waals surface area contributed by atoms with Crippen molar-refractivity contribution in [3.8, 4) is 0 Å². The molecule has 0 saturated heterocycles. The fourth-order valence-electron chi connectivity index (χ4n) is 1.95. The Morgan fingerprint density at radius 2 is 1.69 bits per heavy atom. The Morgan fingerprint density at radius 1 is 1.08 bits per heavy atom. The van der Waals surface area contributed by atoms with Gasteiger partial charge in [-0.25, -0.2) is 13.2 Å². The summed E-state index contributed by atoms with van der Waals surface area (Å²) in [6.45, 7) is 1.40. The van der Waals surface area contributed by atoms with E-state index in [9.17, 15) is 18.0 Å². The van der Waals surface area contributed by atoms with E-state index in [1.54, 1.807) is 6.07 Å². The number of benzene rings is 2. The number of hydrogen-bond donors (Lipinski definition) is 1. The van der Waals surface area contributed by atoms with Gasteiger partial charge in [-0.2, -0.15) is 0 Å². The molecule has 0 heterocycles. The Morgan fingerprint density at radius 3 is 2.27 bits per heavy atom. The third-order valence-corrected chi connectivity index (χ3v) is 5.05. The minimum atomic E-state index is -3.36. The quantitative estimate of drug-likeness (QED) is 0.753. The number of rotatable bonds is 5. The van der Waals surface area contributed by atoms with Gasteiger partial charge in [0, 0.05) is 11.3 Å². The molecule has 2 aromatic rings. The maximum Gasteiger partial charge on any atom is 0.338 e. The molecule has 1 amide bonds. The molecule has 0 aliphatic rings. The topological polar surface area (TPSA) is 89.5 Å². The smallest absolute Gasteiger partial charge is 0.338 e. The zero-order valence-electron chi connectivity index (χ0n) is 13.8. The predicted molar refractivity (Wildman–Crippen MR) is 99.5 cm³/mol. The van der Waals surface area contributed by atoms with E-state index in [1.165, 1.54) is 43.3 Å². The van der Waals surface area contributed by atoms with Gasteiger partial charge in [0.25, 0.3) is 5.91 Å². The molecule has 1 unspecified atom stereocenters. The van der Waals surface area contributed by atoms with Gasteiger partial charge in [-0.05, 0) is 49.4 Å². The van der Waals surface area contributed by atoms with Crippen LogP contribution in [0.5, 0.6) is 0 Å². The van der Waals surface area contributed by atoms with Crippen LogP contribution in [0.4, 0.5) is 5.69 Å². The molecular formula is C17H15Cl2NO5S. The number of anilines is 1. The van der Waals surface area contributed by atoms with Crippen LogP contribution in [-0.4, -0.2) is 32.7 Å². The summed E-state index contributed by atoms with van der Waals surface area (Å²) >= 11 is 11.8. The molecule has 1 atom stereocenters. The first-order valence-corrected chi connectivity index (χ1v) is 9.99. The highest BCUT2D eigenvalue weighted by molar-refractivity contribution is 7.90. The number of carbonyl (C=O) groups is 2. The summed E-state index contributed by atoms with van der Waals surface area (Å²) in [5.74, 6) is -1.35. The monoisotopic (exact) mass is 415 g/mol. The van der Waals surface area contributed by atoms with E-state index in [2.05, 4.69) is 5.32 Å². The lowest BCUT2D eigenvalue weighted by Gasteiger charge is -2.14. The van der Waals surface area contributed by atoms with Crippen molar-refractivity contribution in [3.05, 3.63) is 58.1 Å². The van der Waals surface area contributed by atoms with Gasteiger partial charge in [0.2, 0.25) is 0 Å². The average molecular weight is 416 g/mol. The van der Waals surface area contributed by atoms with E-state index in [1.807, 2.05) is 0 Å². The SMILES string of the molecule is CC(OC(=O)c1ccc(S(C)(=O)=O)cc1)C(=O)Nc1cc(Cl)ccc1Cl. The first-order chi connectivity index (χ1) is 12.1. The predicted octanol–water partition coefficient (Wildman–Crippen LogP) is 3.58. The Bertz CT molecular complexity index is 942. The summed E-state index contributed by atoms with van der Waals surface area (Å²) < 4.78 is 27.9. The lowest BCUT2D eigenvalue weighted by molar-refractivity contribution is -0.123. The summed E-state index contributed by atoms with van der Waals surface area (Å²) in [4.78, 5) is 24.3. The van der Waals surface area contributed by atoms with Crippen molar-refractivity contribution in [2.45, 2.75) is 17.9 Å². The molecule has 0 bridgehead atoms. The van der Waals surface area contributed by atoms with Crippen molar-refractivity contribution in [2.24, 2.45) is 0 Å². The van der Waals surface area contributed by atoms with Crippen molar-refractivity contribution < 1.29 is 22.7 Å². The van der Waals surface area contributed by atoms with Crippen LogP contribution in [0.3, 0.4) is 0 Å². The highest BCUT2D eigenvalue weighted by Gasteiger charge is 2.20. The number of amides is 1. The first-order valence-electron chi connectivity index (χ1n) is 7.35. The number of halogens is 2. The Kier molecular flexibility index (Phi) is 6.28. The summed E-state index contributed by atoms with van der Waals surface area (Å²) in [5, 5.41) is 3.20. The Hall–Kier alpha value is -2.09. The van der Waals surface area contributed by atoms with Crippen LogP contribution in [0.2, 0.25) is 10.0 Å². The summed E-state index contributed by atoms with van der Waals surface area (Å²) in [5.41, 5.74) is 0.419. The molecule has 0 spiro atoms.